The third-order valence-electron chi connectivity index (χ3n) is 2.42. The van der Waals surface area contributed by atoms with Gasteiger partial charge < -0.3 is 14.5 Å². The topological polar surface area (TPSA) is 47.3 Å². The Bertz CT molecular complexity index is 525. The number of nitrogens with zero attached hydrogens (tertiary/aromatic N) is 1. The fourth-order valence-corrected chi connectivity index (χ4v) is 1.70. The van der Waals surface area contributed by atoms with Crippen LogP contribution in [-0.2, 0) is 6.54 Å². The molecule has 18 heavy (non-hydrogen) atoms. The summed E-state index contributed by atoms with van der Waals surface area (Å²) in [5, 5.41) is 3.17. The van der Waals surface area contributed by atoms with Crippen LogP contribution in [0.15, 0.2) is 33.4 Å². The normalized spacial score (nSPS) is 10.6. The second kappa shape index (κ2) is 6.02. The lowest BCUT2D eigenvalue weighted by molar-refractivity contribution is 0.330. The van der Waals surface area contributed by atoms with Crippen LogP contribution in [-0.4, -0.2) is 11.5 Å². The molecule has 0 atom stereocenters. The molecule has 1 N–H and O–H groups in total. The highest BCUT2D eigenvalue weighted by atomic mass is 79.9. The minimum absolute atomic E-state index is 0.268. The Hall–Kier alpha value is -1.33. The van der Waals surface area contributed by atoms with E-state index in [4.69, 9.17) is 9.15 Å². The van der Waals surface area contributed by atoms with Crippen molar-refractivity contribution in [2.75, 3.05) is 6.54 Å². The molecule has 0 unspecified atom stereocenters. The molecule has 2 aromatic rings. The summed E-state index contributed by atoms with van der Waals surface area (Å²) in [5.74, 6) is 0.715. The molecule has 0 amide bonds. The van der Waals surface area contributed by atoms with E-state index < -0.39 is 0 Å². The molecule has 0 aliphatic heterocycles. The third-order valence-corrected chi connectivity index (χ3v) is 3.31. The van der Waals surface area contributed by atoms with Crippen molar-refractivity contribution in [1.29, 1.82) is 0 Å². The average molecular weight is 311 g/mol. The highest BCUT2D eigenvalue weighted by molar-refractivity contribution is 9.10. The van der Waals surface area contributed by atoms with E-state index in [2.05, 4.69) is 26.2 Å². The van der Waals surface area contributed by atoms with Gasteiger partial charge in [0.05, 0.1) is 5.69 Å². The molecule has 2 rings (SSSR count). The maximum Gasteiger partial charge on any atom is 0.399 e. The molecular formula is C13H15BrN2O2. The fraction of sp³-hybridized carbons (Fsp3) is 0.308. The van der Waals surface area contributed by atoms with Gasteiger partial charge >= 0.3 is 6.08 Å². The molecule has 0 aliphatic carbocycles. The number of nitrogens with one attached hydrogen (secondary N) is 1. The van der Waals surface area contributed by atoms with Crippen molar-refractivity contribution >= 4 is 15.9 Å². The molecule has 0 radical (unpaired) electrons. The predicted octanol–water partition coefficient (Wildman–Crippen LogP) is 3.65. The van der Waals surface area contributed by atoms with Crippen molar-refractivity contribution in [1.82, 2.24) is 10.3 Å². The van der Waals surface area contributed by atoms with Crippen LogP contribution < -0.4 is 10.1 Å². The van der Waals surface area contributed by atoms with Gasteiger partial charge in [-0.05, 0) is 37.2 Å². The zero-order chi connectivity index (χ0) is 13.0. The zero-order valence-corrected chi connectivity index (χ0v) is 12.0. The van der Waals surface area contributed by atoms with E-state index in [1.165, 1.54) is 0 Å². The average Bonchev–Trinajstić information content (AvgIpc) is 2.79. The van der Waals surface area contributed by atoms with Crippen molar-refractivity contribution in [3.8, 4) is 11.8 Å². The molecule has 0 aliphatic rings. The Balaban J connectivity index is 2.04. The molecule has 0 bridgehead atoms. The molecule has 1 heterocycles. The summed E-state index contributed by atoms with van der Waals surface area (Å²) in [6.45, 7) is 5.63. The molecular weight excluding hydrogens is 296 g/mol. The second-order valence-electron chi connectivity index (χ2n) is 3.90. The van der Waals surface area contributed by atoms with Crippen LogP contribution in [0, 0.1) is 6.92 Å². The molecule has 5 heteroatoms. The Kier molecular flexibility index (Phi) is 4.38. The molecule has 0 fully saturated rings. The number of halogens is 1. The molecule has 96 valence electrons. The molecule has 4 nitrogen and oxygen atoms in total. The Morgan fingerprint density at radius 1 is 1.44 bits per heavy atom. The lowest BCUT2D eigenvalue weighted by Gasteiger charge is -2.03. The van der Waals surface area contributed by atoms with Crippen LogP contribution >= 0.6 is 15.9 Å². The number of benzene rings is 1. The Morgan fingerprint density at radius 3 is 3.00 bits per heavy atom. The largest absolute Gasteiger partial charge is 0.417 e. The van der Waals surface area contributed by atoms with Gasteiger partial charge in [0.25, 0.3) is 0 Å². The van der Waals surface area contributed by atoms with E-state index in [9.17, 15) is 0 Å². The molecule has 1 aromatic carbocycles. The first-order valence-electron chi connectivity index (χ1n) is 5.78. The Morgan fingerprint density at radius 2 is 2.28 bits per heavy atom. The van der Waals surface area contributed by atoms with E-state index >= 15 is 0 Å². The predicted molar refractivity (Wildman–Crippen MR) is 72.8 cm³/mol. The lowest BCUT2D eigenvalue weighted by atomic mass is 10.2. The van der Waals surface area contributed by atoms with Gasteiger partial charge in [-0.25, -0.2) is 0 Å². The van der Waals surface area contributed by atoms with Crippen LogP contribution in [0.2, 0.25) is 0 Å². The first-order valence-corrected chi connectivity index (χ1v) is 6.57. The molecule has 0 saturated carbocycles. The standard InChI is InChI=1S/C13H15BrN2O2/c1-3-15-7-10-8-17-13(16-10)18-11-4-5-12(14)9(2)6-11/h4-6,8,15H,3,7H2,1-2H3. The summed E-state index contributed by atoms with van der Waals surface area (Å²) in [4.78, 5) is 4.23. The first kappa shape index (κ1) is 13.1. The first-order chi connectivity index (χ1) is 8.69. The summed E-state index contributed by atoms with van der Waals surface area (Å²) in [5.41, 5.74) is 1.94. The van der Waals surface area contributed by atoms with Gasteiger partial charge in [0.2, 0.25) is 0 Å². The smallest absolute Gasteiger partial charge is 0.399 e. The maximum absolute atomic E-state index is 5.55. The number of ether oxygens (including phenoxy) is 1. The quantitative estimate of drug-likeness (QED) is 0.915. The van der Waals surface area contributed by atoms with Gasteiger partial charge in [-0.3, -0.25) is 0 Å². The van der Waals surface area contributed by atoms with Gasteiger partial charge in [-0.1, -0.05) is 22.9 Å². The number of aryl methyl sites for hydroxylation is 1. The van der Waals surface area contributed by atoms with Crippen LogP contribution in [0.4, 0.5) is 0 Å². The summed E-state index contributed by atoms with van der Waals surface area (Å²) >= 11 is 3.44. The number of hydrogen-bond donors (Lipinski definition) is 1. The van der Waals surface area contributed by atoms with Crippen molar-refractivity contribution in [2.45, 2.75) is 20.4 Å². The minimum atomic E-state index is 0.268. The van der Waals surface area contributed by atoms with E-state index in [1.54, 1.807) is 6.26 Å². The van der Waals surface area contributed by atoms with Gasteiger partial charge in [0.1, 0.15) is 12.0 Å². The Labute approximate surface area is 114 Å². The van der Waals surface area contributed by atoms with Gasteiger partial charge in [0.15, 0.2) is 0 Å². The van der Waals surface area contributed by atoms with Crippen LogP contribution in [0.1, 0.15) is 18.2 Å². The molecule has 0 spiro atoms. The summed E-state index contributed by atoms with van der Waals surface area (Å²) in [6, 6.07) is 5.73. The molecule has 0 saturated heterocycles. The van der Waals surface area contributed by atoms with E-state index in [0.717, 1.165) is 22.3 Å². The summed E-state index contributed by atoms with van der Waals surface area (Å²) in [6.07, 6.45) is 1.87. The van der Waals surface area contributed by atoms with Gasteiger partial charge in [-0.15, -0.1) is 0 Å². The lowest BCUT2D eigenvalue weighted by Crippen LogP contribution is -2.11. The van der Waals surface area contributed by atoms with Crippen LogP contribution in [0.5, 0.6) is 11.8 Å². The van der Waals surface area contributed by atoms with Gasteiger partial charge in [0, 0.05) is 11.0 Å². The second-order valence-corrected chi connectivity index (χ2v) is 4.75. The molecule has 1 aromatic heterocycles. The summed E-state index contributed by atoms with van der Waals surface area (Å²) in [7, 11) is 0. The van der Waals surface area contributed by atoms with Crippen LogP contribution in [0.3, 0.4) is 0 Å². The van der Waals surface area contributed by atoms with Crippen LogP contribution in [0.25, 0.3) is 0 Å². The van der Waals surface area contributed by atoms with Crippen molar-refractivity contribution in [2.24, 2.45) is 0 Å². The highest BCUT2D eigenvalue weighted by Crippen LogP contribution is 2.25. The van der Waals surface area contributed by atoms with Crippen molar-refractivity contribution < 1.29 is 9.15 Å². The van der Waals surface area contributed by atoms with E-state index in [-0.39, 0.29) is 6.08 Å². The number of oxazole rings is 1. The summed E-state index contributed by atoms with van der Waals surface area (Å²) < 4.78 is 11.9. The maximum atomic E-state index is 5.55. The monoisotopic (exact) mass is 310 g/mol. The minimum Gasteiger partial charge on any atom is -0.417 e. The van der Waals surface area contributed by atoms with E-state index in [0.29, 0.717) is 12.3 Å². The van der Waals surface area contributed by atoms with E-state index in [1.807, 2.05) is 32.0 Å². The van der Waals surface area contributed by atoms with Crippen molar-refractivity contribution in [3.63, 3.8) is 0 Å². The fourth-order valence-electron chi connectivity index (χ4n) is 1.45. The van der Waals surface area contributed by atoms with Crippen molar-refractivity contribution in [3.05, 3.63) is 40.2 Å². The zero-order valence-electron chi connectivity index (χ0n) is 10.4. The number of aromatic nitrogens is 1. The SMILES string of the molecule is CCNCc1coc(Oc2ccc(Br)c(C)c2)n1. The number of hydrogen-bond acceptors (Lipinski definition) is 4. The highest BCUT2D eigenvalue weighted by Gasteiger charge is 2.06. The third kappa shape index (κ3) is 3.34. The number of rotatable bonds is 5. The van der Waals surface area contributed by atoms with Gasteiger partial charge in [-0.2, -0.15) is 4.98 Å².